The lowest BCUT2D eigenvalue weighted by atomic mass is 9.63. The van der Waals surface area contributed by atoms with Crippen LogP contribution >= 0.6 is 0 Å². The molecular formula is C58H52N2. The van der Waals surface area contributed by atoms with Gasteiger partial charge in [-0.3, -0.25) is 4.99 Å². The third-order valence-electron chi connectivity index (χ3n) is 14.4. The maximum Gasteiger partial charge on any atom is 0.0532 e. The fourth-order valence-electron chi connectivity index (χ4n) is 12.0. The van der Waals surface area contributed by atoms with Gasteiger partial charge in [0, 0.05) is 45.9 Å². The Morgan fingerprint density at radius 1 is 0.700 bits per heavy atom. The Kier molecular flexibility index (Phi) is 8.89. The summed E-state index contributed by atoms with van der Waals surface area (Å²) in [7, 11) is 0. The van der Waals surface area contributed by atoms with Crippen molar-refractivity contribution in [3.8, 4) is 0 Å². The second-order valence-corrected chi connectivity index (χ2v) is 17.8. The molecule has 0 aromatic heterocycles. The monoisotopic (exact) mass is 776 g/mol. The minimum absolute atomic E-state index is 0.131. The summed E-state index contributed by atoms with van der Waals surface area (Å²) in [5, 5.41) is 0. The van der Waals surface area contributed by atoms with Gasteiger partial charge in [0.15, 0.2) is 0 Å². The van der Waals surface area contributed by atoms with Crippen molar-refractivity contribution >= 4 is 34.3 Å². The zero-order valence-electron chi connectivity index (χ0n) is 35.0. The van der Waals surface area contributed by atoms with Crippen molar-refractivity contribution < 1.29 is 0 Å². The number of fused-ring (bicyclic) bond motifs is 10. The van der Waals surface area contributed by atoms with Crippen LogP contribution in [0.4, 0.5) is 11.4 Å². The molecule has 0 radical (unpaired) electrons. The van der Waals surface area contributed by atoms with E-state index in [1.54, 1.807) is 0 Å². The van der Waals surface area contributed by atoms with E-state index in [-0.39, 0.29) is 10.8 Å². The fraction of sp³-hybridized carbons (Fsp3) is 0.224. The van der Waals surface area contributed by atoms with Crippen molar-refractivity contribution in [2.45, 2.75) is 76.0 Å². The zero-order chi connectivity index (χ0) is 40.4. The van der Waals surface area contributed by atoms with Crippen LogP contribution in [-0.4, -0.2) is 6.21 Å². The summed E-state index contributed by atoms with van der Waals surface area (Å²) in [5.41, 5.74) is 21.2. The molecule has 294 valence electrons. The van der Waals surface area contributed by atoms with E-state index in [1.807, 2.05) is 0 Å². The van der Waals surface area contributed by atoms with Gasteiger partial charge < -0.3 is 4.90 Å². The molecule has 0 heterocycles. The SMILES string of the molecule is C/C=C\C1=C(/C=N\C2=CC3=C(CC2)c2ccccc2C32c3cccc(N(C4=CCCC=C4c4ccccc4)c4ccccc4)c3C3CCC=CC32)C(C)(C)c2ccccc21. The smallest absolute Gasteiger partial charge is 0.0532 e. The van der Waals surface area contributed by atoms with E-state index in [9.17, 15) is 0 Å². The number of hydrogen-bond acceptors (Lipinski definition) is 2. The van der Waals surface area contributed by atoms with Crippen LogP contribution in [0.5, 0.6) is 0 Å². The van der Waals surface area contributed by atoms with E-state index in [2.05, 4.69) is 202 Å². The van der Waals surface area contributed by atoms with Crippen LogP contribution in [0, 0.1) is 5.92 Å². The normalized spacial score (nSPS) is 23.4. The first-order valence-corrected chi connectivity index (χ1v) is 22.2. The number of anilines is 2. The minimum Gasteiger partial charge on any atom is -0.310 e. The number of para-hydroxylation sites is 1. The Labute approximate surface area is 356 Å². The van der Waals surface area contributed by atoms with Crippen molar-refractivity contribution in [2.24, 2.45) is 10.9 Å². The third kappa shape index (κ3) is 5.42. The Hall–Kier alpha value is -6.25. The Morgan fingerprint density at radius 2 is 1.42 bits per heavy atom. The summed E-state index contributed by atoms with van der Waals surface area (Å²) in [6.45, 7) is 6.82. The number of allylic oxidation sites excluding steroid dienone is 13. The molecule has 6 aliphatic carbocycles. The lowest BCUT2D eigenvalue weighted by molar-refractivity contribution is 0.396. The molecule has 0 saturated heterocycles. The fourth-order valence-corrected chi connectivity index (χ4v) is 12.0. The lowest BCUT2D eigenvalue weighted by Crippen LogP contribution is -2.34. The van der Waals surface area contributed by atoms with Crippen molar-refractivity contribution in [3.63, 3.8) is 0 Å². The largest absolute Gasteiger partial charge is 0.310 e. The van der Waals surface area contributed by atoms with Crippen LogP contribution in [0.3, 0.4) is 0 Å². The highest BCUT2D eigenvalue weighted by Gasteiger charge is 2.59. The number of aliphatic imine (C=N–C) groups is 1. The zero-order valence-corrected chi connectivity index (χ0v) is 35.0. The molecule has 0 aliphatic heterocycles. The van der Waals surface area contributed by atoms with E-state index >= 15 is 0 Å². The van der Waals surface area contributed by atoms with Crippen LogP contribution < -0.4 is 4.90 Å². The Morgan fingerprint density at radius 3 is 2.23 bits per heavy atom. The van der Waals surface area contributed by atoms with Crippen LogP contribution in [-0.2, 0) is 10.8 Å². The van der Waals surface area contributed by atoms with Crippen LogP contribution in [0.2, 0.25) is 0 Å². The van der Waals surface area contributed by atoms with Gasteiger partial charge in [-0.1, -0.05) is 159 Å². The summed E-state index contributed by atoms with van der Waals surface area (Å²) in [6.07, 6.45) is 25.4. The van der Waals surface area contributed by atoms with Crippen molar-refractivity contribution in [3.05, 3.63) is 231 Å². The molecule has 0 fully saturated rings. The van der Waals surface area contributed by atoms with E-state index in [0.29, 0.717) is 11.8 Å². The van der Waals surface area contributed by atoms with Gasteiger partial charge in [0.25, 0.3) is 0 Å². The molecule has 2 heteroatoms. The summed E-state index contributed by atoms with van der Waals surface area (Å²) >= 11 is 0. The molecule has 0 saturated carbocycles. The molecule has 6 aliphatic rings. The highest BCUT2D eigenvalue weighted by Crippen LogP contribution is 2.68. The van der Waals surface area contributed by atoms with Gasteiger partial charge in [-0.15, -0.1) is 0 Å². The molecule has 60 heavy (non-hydrogen) atoms. The molecule has 0 amide bonds. The molecule has 3 atom stereocenters. The van der Waals surface area contributed by atoms with E-state index in [1.165, 1.54) is 89.6 Å². The number of nitrogens with zero attached hydrogens (tertiary/aromatic N) is 2. The predicted molar refractivity (Wildman–Crippen MR) is 253 cm³/mol. The van der Waals surface area contributed by atoms with Crippen LogP contribution in [0.15, 0.2) is 197 Å². The minimum atomic E-state index is -0.306. The molecule has 2 nitrogen and oxygen atoms in total. The molecule has 0 N–H and O–H groups in total. The third-order valence-corrected chi connectivity index (χ3v) is 14.4. The van der Waals surface area contributed by atoms with Gasteiger partial charge in [0.05, 0.1) is 5.41 Å². The Balaban J connectivity index is 1.10. The quantitative estimate of drug-likeness (QED) is 0.119. The van der Waals surface area contributed by atoms with Crippen molar-refractivity contribution in [1.29, 1.82) is 0 Å². The summed E-state index contributed by atoms with van der Waals surface area (Å²) in [6, 6.07) is 47.6. The molecule has 3 unspecified atom stereocenters. The number of benzene rings is 5. The van der Waals surface area contributed by atoms with Gasteiger partial charge in [-0.25, -0.2) is 0 Å². The predicted octanol–water partition coefficient (Wildman–Crippen LogP) is 14.8. The van der Waals surface area contributed by atoms with Crippen LogP contribution in [0.25, 0.3) is 16.7 Å². The summed E-state index contributed by atoms with van der Waals surface area (Å²) in [5.74, 6) is 0.666. The topological polar surface area (TPSA) is 15.6 Å². The molecule has 5 aromatic carbocycles. The molecular weight excluding hydrogens is 725 g/mol. The second-order valence-electron chi connectivity index (χ2n) is 17.8. The van der Waals surface area contributed by atoms with Gasteiger partial charge in [-0.2, -0.15) is 0 Å². The lowest BCUT2D eigenvalue weighted by Gasteiger charge is -2.38. The highest BCUT2D eigenvalue weighted by molar-refractivity contribution is 6.02. The standard InChI is InChI=1S/C58H52N2/c1-4-20-43-44-26-11-15-29-48(44)57(2,3)53(43)38-59-40-35-36-46-45-27-12-16-30-49(45)58(52(46)37-40)50-31-17-13-28-47(50)56-51(58)32-19-34-55(56)60(41-23-9-6-10-24-41)54-33-18-14-25-42(54)39-21-7-5-8-22-39/h4-12,15-17,19-27,29-34,37-38,47,50H,13-14,18,28,35-36H2,1-3H3/b20-4-,59-38-. The van der Waals surface area contributed by atoms with E-state index < -0.39 is 0 Å². The van der Waals surface area contributed by atoms with E-state index in [0.717, 1.165) is 38.5 Å². The molecule has 0 bridgehead atoms. The van der Waals surface area contributed by atoms with Crippen molar-refractivity contribution in [2.75, 3.05) is 4.90 Å². The number of hydrogen-bond donors (Lipinski definition) is 0. The highest BCUT2D eigenvalue weighted by atomic mass is 15.2. The van der Waals surface area contributed by atoms with Gasteiger partial charge in [0.2, 0.25) is 0 Å². The first-order chi connectivity index (χ1) is 29.5. The first kappa shape index (κ1) is 36.8. The maximum atomic E-state index is 5.47. The van der Waals surface area contributed by atoms with Crippen LogP contribution in [0.1, 0.15) is 104 Å². The second kappa shape index (κ2) is 14.5. The maximum absolute atomic E-state index is 5.47. The average molecular weight is 777 g/mol. The summed E-state index contributed by atoms with van der Waals surface area (Å²) in [4.78, 5) is 8.07. The molecule has 5 aromatic rings. The molecule has 1 spiro atoms. The van der Waals surface area contributed by atoms with Gasteiger partial charge in [0.1, 0.15) is 0 Å². The van der Waals surface area contributed by atoms with Crippen molar-refractivity contribution in [1.82, 2.24) is 0 Å². The molecule has 11 rings (SSSR count). The Bertz CT molecular complexity index is 2800. The van der Waals surface area contributed by atoms with E-state index in [4.69, 9.17) is 4.99 Å². The average Bonchev–Trinajstić information content (AvgIpc) is 3.85. The number of rotatable bonds is 7. The first-order valence-electron chi connectivity index (χ1n) is 22.2. The van der Waals surface area contributed by atoms with Gasteiger partial charge >= 0.3 is 0 Å². The summed E-state index contributed by atoms with van der Waals surface area (Å²) < 4.78 is 0. The van der Waals surface area contributed by atoms with Gasteiger partial charge in [-0.05, 0) is 137 Å².